The zero-order chi connectivity index (χ0) is 27.7. The van der Waals surface area contributed by atoms with E-state index in [1.165, 1.54) is 4.90 Å². The standard InChI is InChI=1S/C28H38N6O4/c1-28(2,3)38-27(36)34(5)18-24(35)31-22-9-7-8-19(16-22)10-11-20-17-30-26(29-4)33-25(20)32-21-12-14-23(37-6)15-13-21/h12-15,17,19,22H,7-9,16,18H2,1-6H3,(H,31,35)(H2,29,30,32,33)/t19-,22-/m0/s1. The van der Waals surface area contributed by atoms with E-state index in [1.807, 2.05) is 24.3 Å². The van der Waals surface area contributed by atoms with E-state index in [2.05, 4.69) is 37.8 Å². The largest absolute Gasteiger partial charge is 0.497 e. The lowest BCUT2D eigenvalue weighted by Crippen LogP contribution is -2.45. The van der Waals surface area contributed by atoms with Crippen LogP contribution in [0.1, 0.15) is 52.0 Å². The molecule has 10 heteroatoms. The van der Waals surface area contributed by atoms with Crippen molar-refractivity contribution in [3.63, 3.8) is 0 Å². The minimum atomic E-state index is -0.612. The van der Waals surface area contributed by atoms with Gasteiger partial charge in [0.15, 0.2) is 5.82 Å². The van der Waals surface area contributed by atoms with Gasteiger partial charge in [0.2, 0.25) is 11.9 Å². The predicted octanol–water partition coefficient (Wildman–Crippen LogP) is 4.16. The number of carbonyl (C=O) groups is 2. The Morgan fingerprint density at radius 1 is 1.18 bits per heavy atom. The Balaban J connectivity index is 1.63. The second-order valence-electron chi connectivity index (χ2n) is 10.3. The van der Waals surface area contributed by atoms with E-state index in [4.69, 9.17) is 9.47 Å². The number of hydrogen-bond donors (Lipinski definition) is 3. The van der Waals surface area contributed by atoms with Crippen molar-refractivity contribution in [3.05, 3.63) is 36.0 Å². The molecule has 0 bridgehead atoms. The van der Waals surface area contributed by atoms with Crippen molar-refractivity contribution in [2.45, 2.75) is 58.1 Å². The average molecular weight is 523 g/mol. The third-order valence-corrected chi connectivity index (χ3v) is 5.90. The topological polar surface area (TPSA) is 118 Å². The molecule has 1 fully saturated rings. The number of anilines is 3. The number of methoxy groups -OCH3 is 1. The van der Waals surface area contributed by atoms with Crippen molar-refractivity contribution in [2.75, 3.05) is 38.4 Å². The summed E-state index contributed by atoms with van der Waals surface area (Å²) in [5, 5.41) is 9.32. The highest BCUT2D eigenvalue weighted by Gasteiger charge is 2.25. The molecule has 3 N–H and O–H groups in total. The number of ether oxygens (including phenoxy) is 2. The van der Waals surface area contributed by atoms with Crippen LogP contribution in [0.3, 0.4) is 0 Å². The van der Waals surface area contributed by atoms with Gasteiger partial charge in [-0.2, -0.15) is 4.98 Å². The molecule has 10 nitrogen and oxygen atoms in total. The summed E-state index contributed by atoms with van der Waals surface area (Å²) < 4.78 is 10.5. The van der Waals surface area contributed by atoms with Crippen LogP contribution in [0.25, 0.3) is 0 Å². The number of rotatable bonds is 7. The minimum Gasteiger partial charge on any atom is -0.497 e. The van der Waals surface area contributed by atoms with Crippen LogP contribution in [0.5, 0.6) is 5.75 Å². The van der Waals surface area contributed by atoms with Gasteiger partial charge < -0.3 is 30.3 Å². The van der Waals surface area contributed by atoms with Crippen molar-refractivity contribution in [1.82, 2.24) is 20.2 Å². The molecule has 204 valence electrons. The fourth-order valence-electron chi connectivity index (χ4n) is 4.03. The monoisotopic (exact) mass is 522 g/mol. The lowest BCUT2D eigenvalue weighted by atomic mass is 9.86. The molecule has 1 saturated carbocycles. The van der Waals surface area contributed by atoms with Gasteiger partial charge in [-0.05, 0) is 64.3 Å². The van der Waals surface area contributed by atoms with Crippen molar-refractivity contribution < 1.29 is 19.1 Å². The van der Waals surface area contributed by atoms with Crippen LogP contribution in [0.4, 0.5) is 22.2 Å². The molecule has 3 rings (SSSR count). The second kappa shape index (κ2) is 13.0. The molecule has 2 atom stereocenters. The van der Waals surface area contributed by atoms with Gasteiger partial charge >= 0.3 is 6.09 Å². The normalized spacial score (nSPS) is 16.9. The Bertz CT molecular complexity index is 1170. The first-order chi connectivity index (χ1) is 18.1. The Hall–Kier alpha value is -4.00. The molecule has 38 heavy (non-hydrogen) atoms. The van der Waals surface area contributed by atoms with Crippen molar-refractivity contribution in [1.29, 1.82) is 0 Å². The molecule has 0 radical (unpaired) electrons. The van der Waals surface area contributed by atoms with Crippen molar-refractivity contribution >= 4 is 29.5 Å². The lowest BCUT2D eigenvalue weighted by Gasteiger charge is -2.28. The average Bonchev–Trinajstić information content (AvgIpc) is 2.87. The van der Waals surface area contributed by atoms with Crippen LogP contribution in [0, 0.1) is 17.8 Å². The predicted molar refractivity (Wildman–Crippen MR) is 147 cm³/mol. The number of hydrogen-bond acceptors (Lipinski definition) is 8. The summed E-state index contributed by atoms with van der Waals surface area (Å²) in [5.74, 6) is 8.38. The molecule has 1 aromatic carbocycles. The SMILES string of the molecule is CNc1ncc(C#C[C@@H]2CCC[C@H](NC(=O)CN(C)C(=O)OC(C)(C)C)C2)c(Nc2ccc(OC)cc2)n1. The summed E-state index contributed by atoms with van der Waals surface area (Å²) in [7, 11) is 4.95. The summed E-state index contributed by atoms with van der Waals surface area (Å²) in [6.07, 6.45) is 4.71. The maximum absolute atomic E-state index is 12.6. The van der Waals surface area contributed by atoms with Gasteiger partial charge in [0.1, 0.15) is 17.9 Å². The first kappa shape index (κ1) is 28.6. The van der Waals surface area contributed by atoms with E-state index in [1.54, 1.807) is 48.2 Å². The Morgan fingerprint density at radius 2 is 1.92 bits per heavy atom. The van der Waals surface area contributed by atoms with Crippen molar-refractivity contribution in [2.24, 2.45) is 5.92 Å². The summed E-state index contributed by atoms with van der Waals surface area (Å²) in [6.45, 7) is 5.32. The highest BCUT2D eigenvalue weighted by molar-refractivity contribution is 5.82. The maximum atomic E-state index is 12.6. The number of nitrogens with one attached hydrogen (secondary N) is 3. The Kier molecular flexibility index (Phi) is 9.77. The van der Waals surface area contributed by atoms with E-state index < -0.39 is 11.7 Å². The first-order valence-corrected chi connectivity index (χ1v) is 12.8. The quantitative estimate of drug-likeness (QED) is 0.464. The molecular formula is C28H38N6O4. The second-order valence-corrected chi connectivity index (χ2v) is 10.3. The first-order valence-electron chi connectivity index (χ1n) is 12.8. The molecule has 0 spiro atoms. The van der Waals surface area contributed by atoms with E-state index in [9.17, 15) is 9.59 Å². The van der Waals surface area contributed by atoms with Crippen LogP contribution < -0.4 is 20.7 Å². The molecule has 0 saturated heterocycles. The summed E-state index contributed by atoms with van der Waals surface area (Å²) >= 11 is 0. The van der Waals surface area contributed by atoms with Crippen LogP contribution in [-0.4, -0.2) is 66.3 Å². The van der Waals surface area contributed by atoms with E-state index in [0.29, 0.717) is 17.3 Å². The number of benzene rings is 1. The summed E-state index contributed by atoms with van der Waals surface area (Å²) in [6, 6.07) is 7.56. The van der Waals surface area contributed by atoms with E-state index in [0.717, 1.165) is 37.1 Å². The fourth-order valence-corrected chi connectivity index (χ4v) is 4.03. The molecule has 2 aromatic rings. The molecule has 0 aliphatic heterocycles. The zero-order valence-electron chi connectivity index (χ0n) is 23.1. The minimum absolute atomic E-state index is 0.00222. The zero-order valence-corrected chi connectivity index (χ0v) is 23.1. The smallest absolute Gasteiger partial charge is 0.410 e. The van der Waals surface area contributed by atoms with Gasteiger partial charge in [0.05, 0.1) is 18.9 Å². The maximum Gasteiger partial charge on any atom is 0.410 e. The molecular weight excluding hydrogens is 484 g/mol. The third-order valence-electron chi connectivity index (χ3n) is 5.90. The van der Waals surface area contributed by atoms with Crippen molar-refractivity contribution in [3.8, 4) is 17.6 Å². The number of aromatic nitrogens is 2. The Morgan fingerprint density at radius 3 is 2.58 bits per heavy atom. The Labute approximate surface area is 224 Å². The molecule has 2 amide bonds. The third kappa shape index (κ3) is 8.83. The lowest BCUT2D eigenvalue weighted by molar-refractivity contribution is -0.123. The van der Waals surface area contributed by atoms with E-state index in [-0.39, 0.29) is 24.4 Å². The highest BCUT2D eigenvalue weighted by atomic mass is 16.6. The fraction of sp³-hybridized carbons (Fsp3) is 0.500. The van der Waals surface area contributed by atoms with Gasteiger partial charge in [0.25, 0.3) is 0 Å². The van der Waals surface area contributed by atoms with Gasteiger partial charge in [0, 0.05) is 31.7 Å². The van der Waals surface area contributed by atoms with Crippen LogP contribution in [0.2, 0.25) is 0 Å². The summed E-state index contributed by atoms with van der Waals surface area (Å²) in [5.41, 5.74) is 0.927. The van der Waals surface area contributed by atoms with Gasteiger partial charge in [-0.25, -0.2) is 9.78 Å². The van der Waals surface area contributed by atoms with Crippen LogP contribution >= 0.6 is 0 Å². The van der Waals surface area contributed by atoms with Crippen LogP contribution in [0.15, 0.2) is 30.5 Å². The summed E-state index contributed by atoms with van der Waals surface area (Å²) in [4.78, 5) is 34.9. The van der Waals surface area contributed by atoms with Gasteiger partial charge in [-0.1, -0.05) is 18.3 Å². The molecule has 1 heterocycles. The molecule has 0 unspecified atom stereocenters. The number of likely N-dealkylation sites (N-methyl/N-ethyl adjacent to an activating group) is 1. The van der Waals surface area contributed by atoms with Gasteiger partial charge in [-0.3, -0.25) is 4.79 Å². The molecule has 1 aromatic heterocycles. The molecule has 1 aliphatic carbocycles. The van der Waals surface area contributed by atoms with Crippen LogP contribution in [-0.2, 0) is 9.53 Å². The van der Waals surface area contributed by atoms with Gasteiger partial charge in [-0.15, -0.1) is 0 Å². The number of carbonyl (C=O) groups excluding carboxylic acids is 2. The molecule has 1 aliphatic rings. The number of amides is 2. The highest BCUT2D eigenvalue weighted by Crippen LogP contribution is 2.25. The number of nitrogens with zero attached hydrogens (tertiary/aromatic N) is 3. The van der Waals surface area contributed by atoms with E-state index >= 15 is 0 Å².